The zero-order chi connectivity index (χ0) is 21.7. The van der Waals surface area contributed by atoms with Crippen LogP contribution in [-0.4, -0.2) is 35.5 Å². The van der Waals surface area contributed by atoms with Crippen LogP contribution in [-0.2, 0) is 4.57 Å². The normalized spacial score (nSPS) is 20.5. The van der Waals surface area contributed by atoms with E-state index in [2.05, 4.69) is 15.7 Å². The number of hydrogen-bond acceptors (Lipinski definition) is 4. The molecule has 2 aromatic rings. The first-order valence-electron chi connectivity index (χ1n) is 10.8. The van der Waals surface area contributed by atoms with Gasteiger partial charge in [0.2, 0.25) is 0 Å². The predicted octanol–water partition coefficient (Wildman–Crippen LogP) is 5.46. The molecule has 1 aliphatic heterocycles. The number of para-hydroxylation sites is 2. The number of likely N-dealkylation sites (N-methyl/N-ethyl adjacent to an activating group) is 1. The molecule has 0 amide bonds. The van der Waals surface area contributed by atoms with Crippen LogP contribution in [0.1, 0.15) is 32.1 Å². The molecule has 1 unspecified atom stereocenters. The van der Waals surface area contributed by atoms with Gasteiger partial charge in [-0.15, -0.1) is 4.76 Å². The lowest BCUT2D eigenvalue weighted by atomic mass is 9.95. The van der Waals surface area contributed by atoms with E-state index in [9.17, 15) is 9.67 Å². The SMILES string of the molecule is CN1/C(=N\P(=O)(Oc2ccccc2)Oc2ccccc2)CC(CCCO)=CC1C1CC1. The number of hydrogen-bond donors (Lipinski definition) is 1. The average Bonchev–Trinajstić information content (AvgIpc) is 3.60. The first-order chi connectivity index (χ1) is 15.1. The summed E-state index contributed by atoms with van der Waals surface area (Å²) in [5, 5.41) is 9.26. The lowest BCUT2D eigenvalue weighted by Gasteiger charge is -2.35. The van der Waals surface area contributed by atoms with Crippen LogP contribution in [0.2, 0.25) is 0 Å². The van der Waals surface area contributed by atoms with Gasteiger partial charge in [-0.3, -0.25) is 0 Å². The summed E-state index contributed by atoms with van der Waals surface area (Å²) in [5.74, 6) is 2.17. The first kappa shape index (κ1) is 21.7. The molecule has 1 atom stereocenters. The Labute approximate surface area is 183 Å². The summed E-state index contributed by atoms with van der Waals surface area (Å²) < 4.78 is 30.2. The molecule has 7 heteroatoms. The van der Waals surface area contributed by atoms with Crippen LogP contribution in [0.25, 0.3) is 0 Å². The van der Waals surface area contributed by atoms with E-state index in [1.807, 2.05) is 43.4 Å². The van der Waals surface area contributed by atoms with Gasteiger partial charge in [0, 0.05) is 20.1 Å². The molecule has 164 valence electrons. The van der Waals surface area contributed by atoms with Gasteiger partial charge in [0.15, 0.2) is 0 Å². The summed E-state index contributed by atoms with van der Waals surface area (Å²) in [5.41, 5.74) is 1.22. The van der Waals surface area contributed by atoms with E-state index in [1.54, 1.807) is 24.3 Å². The summed E-state index contributed by atoms with van der Waals surface area (Å²) in [6.45, 7) is 0.153. The monoisotopic (exact) mass is 440 g/mol. The summed E-state index contributed by atoms with van der Waals surface area (Å²) in [6.07, 6.45) is 6.75. The molecule has 2 aromatic carbocycles. The number of rotatable bonds is 9. The number of nitrogens with zero attached hydrogens (tertiary/aromatic N) is 2. The summed E-state index contributed by atoms with van der Waals surface area (Å²) in [4.78, 5) is 2.11. The fourth-order valence-electron chi connectivity index (χ4n) is 3.82. The van der Waals surface area contributed by atoms with Crippen LogP contribution in [0.3, 0.4) is 0 Å². The molecular weight excluding hydrogens is 411 g/mol. The van der Waals surface area contributed by atoms with Crippen molar-refractivity contribution in [3.05, 3.63) is 72.3 Å². The van der Waals surface area contributed by atoms with Crippen molar-refractivity contribution in [3.63, 3.8) is 0 Å². The Morgan fingerprint density at radius 3 is 2.13 bits per heavy atom. The predicted molar refractivity (Wildman–Crippen MR) is 122 cm³/mol. The second-order valence-corrected chi connectivity index (χ2v) is 9.56. The van der Waals surface area contributed by atoms with E-state index in [-0.39, 0.29) is 12.6 Å². The lowest BCUT2D eigenvalue weighted by molar-refractivity contribution is 0.287. The van der Waals surface area contributed by atoms with Crippen molar-refractivity contribution in [3.8, 4) is 11.5 Å². The molecule has 0 spiro atoms. The largest absolute Gasteiger partial charge is 0.564 e. The Kier molecular flexibility index (Phi) is 6.79. The minimum Gasteiger partial charge on any atom is -0.399 e. The summed E-state index contributed by atoms with van der Waals surface area (Å²) in [7, 11) is -1.89. The van der Waals surface area contributed by atoms with E-state index in [4.69, 9.17) is 9.05 Å². The Morgan fingerprint density at radius 2 is 1.61 bits per heavy atom. The highest BCUT2D eigenvalue weighted by Crippen LogP contribution is 2.51. The minimum atomic E-state index is -3.89. The molecule has 1 N–H and O–H groups in total. The van der Waals surface area contributed by atoms with Crippen LogP contribution < -0.4 is 9.05 Å². The van der Waals surface area contributed by atoms with Crippen LogP contribution in [0.15, 0.2) is 77.1 Å². The van der Waals surface area contributed by atoms with Crippen LogP contribution in [0, 0.1) is 5.92 Å². The Hall–Kier alpha value is -2.56. The van der Waals surface area contributed by atoms with Crippen molar-refractivity contribution in [2.45, 2.75) is 38.1 Å². The van der Waals surface area contributed by atoms with Gasteiger partial charge in [-0.1, -0.05) is 48.0 Å². The third-order valence-corrected chi connectivity index (χ3v) is 6.93. The van der Waals surface area contributed by atoms with Crippen molar-refractivity contribution < 1.29 is 18.7 Å². The fourth-order valence-corrected chi connectivity index (χ4v) is 5.21. The second kappa shape index (κ2) is 9.71. The van der Waals surface area contributed by atoms with Crippen molar-refractivity contribution >= 4 is 13.6 Å². The Bertz CT molecular complexity index is 928. The highest BCUT2D eigenvalue weighted by Gasteiger charge is 2.38. The third-order valence-electron chi connectivity index (χ3n) is 5.57. The maximum absolute atomic E-state index is 13.9. The first-order valence-corrected chi connectivity index (χ1v) is 12.3. The van der Waals surface area contributed by atoms with Crippen LogP contribution in [0.4, 0.5) is 0 Å². The van der Waals surface area contributed by atoms with Gasteiger partial charge < -0.3 is 19.1 Å². The smallest absolute Gasteiger partial charge is 0.399 e. The van der Waals surface area contributed by atoms with Gasteiger partial charge in [-0.25, -0.2) is 4.57 Å². The van der Waals surface area contributed by atoms with E-state index in [0.29, 0.717) is 36.1 Å². The topological polar surface area (TPSA) is 71.4 Å². The maximum Gasteiger partial charge on any atom is 0.564 e. The number of aliphatic hydroxyl groups excluding tert-OH is 1. The zero-order valence-corrected chi connectivity index (χ0v) is 18.7. The van der Waals surface area contributed by atoms with Crippen LogP contribution in [0.5, 0.6) is 11.5 Å². The molecule has 2 aliphatic rings. The minimum absolute atomic E-state index is 0.153. The molecular formula is C24H29N2O4P. The molecule has 0 radical (unpaired) electrons. The molecule has 1 fully saturated rings. The molecule has 0 aromatic heterocycles. The van der Waals surface area contributed by atoms with Gasteiger partial charge in [-0.2, -0.15) is 0 Å². The van der Waals surface area contributed by atoms with Crippen molar-refractivity contribution in [2.75, 3.05) is 13.7 Å². The van der Waals surface area contributed by atoms with Crippen LogP contribution >= 0.6 is 7.75 Å². The maximum atomic E-state index is 13.9. The molecule has 0 saturated heterocycles. The van der Waals surface area contributed by atoms with E-state index in [0.717, 1.165) is 6.42 Å². The van der Waals surface area contributed by atoms with Crippen molar-refractivity contribution in [1.82, 2.24) is 4.90 Å². The quantitative estimate of drug-likeness (QED) is 0.414. The molecule has 1 heterocycles. The summed E-state index contributed by atoms with van der Waals surface area (Å²) >= 11 is 0. The Balaban J connectivity index is 1.66. The summed E-state index contributed by atoms with van der Waals surface area (Å²) in [6, 6.07) is 18.2. The number of amidine groups is 1. The third kappa shape index (κ3) is 5.78. The van der Waals surface area contributed by atoms with Crippen molar-refractivity contribution in [1.29, 1.82) is 0 Å². The van der Waals surface area contributed by atoms with Gasteiger partial charge in [0.1, 0.15) is 17.3 Å². The number of aliphatic hydroxyl groups is 1. The highest BCUT2D eigenvalue weighted by atomic mass is 31.2. The van der Waals surface area contributed by atoms with E-state index >= 15 is 0 Å². The van der Waals surface area contributed by atoms with Gasteiger partial charge in [-0.05, 0) is 55.9 Å². The Morgan fingerprint density at radius 1 is 1.03 bits per heavy atom. The standard InChI is InChI=1S/C24H29N2O4P/c1-26-23(20-14-15-20)17-19(9-8-16-27)18-24(26)25-31(28,29-21-10-4-2-5-11-21)30-22-12-6-3-7-13-22/h2-7,10-13,17,20,23,27H,8-9,14-16,18H2,1H3/b25-24-. The molecule has 1 aliphatic carbocycles. The second-order valence-electron chi connectivity index (χ2n) is 8.06. The van der Waals surface area contributed by atoms with Crippen molar-refractivity contribution in [2.24, 2.45) is 10.7 Å². The van der Waals surface area contributed by atoms with Gasteiger partial charge in [0.05, 0.1) is 6.04 Å². The van der Waals surface area contributed by atoms with E-state index < -0.39 is 7.75 Å². The molecule has 4 rings (SSSR count). The molecule has 1 saturated carbocycles. The number of benzene rings is 2. The average molecular weight is 440 g/mol. The lowest BCUT2D eigenvalue weighted by Crippen LogP contribution is -2.41. The molecule has 0 bridgehead atoms. The fraction of sp³-hybridized carbons (Fsp3) is 0.375. The zero-order valence-electron chi connectivity index (χ0n) is 17.8. The van der Waals surface area contributed by atoms with E-state index in [1.165, 1.54) is 18.4 Å². The molecule has 31 heavy (non-hydrogen) atoms. The van der Waals surface area contributed by atoms with Gasteiger partial charge in [0.25, 0.3) is 0 Å². The highest BCUT2D eigenvalue weighted by molar-refractivity contribution is 7.53. The van der Waals surface area contributed by atoms with Gasteiger partial charge >= 0.3 is 7.75 Å². The molecule has 6 nitrogen and oxygen atoms in total.